The summed E-state index contributed by atoms with van der Waals surface area (Å²) >= 11 is 0. The number of aryl methyl sites for hydroxylation is 1. The van der Waals surface area contributed by atoms with Crippen LogP contribution in [0.15, 0.2) is 4.99 Å². The highest BCUT2D eigenvalue weighted by Crippen LogP contribution is 2.14. The Morgan fingerprint density at radius 2 is 2.00 bits per heavy atom. The van der Waals surface area contributed by atoms with Crippen LogP contribution in [0.4, 0.5) is 0 Å². The fourth-order valence-electron chi connectivity index (χ4n) is 3.05. The first kappa shape index (κ1) is 19.2. The zero-order valence-electron chi connectivity index (χ0n) is 16.0. The van der Waals surface area contributed by atoms with Gasteiger partial charge < -0.3 is 19.7 Å². The number of aromatic nitrogens is 3. The van der Waals surface area contributed by atoms with Gasteiger partial charge in [-0.05, 0) is 33.6 Å². The summed E-state index contributed by atoms with van der Waals surface area (Å²) in [7, 11) is 1.89. The maximum Gasteiger partial charge on any atom is 0.242 e. The van der Waals surface area contributed by atoms with Gasteiger partial charge in [-0.15, -0.1) is 10.2 Å². The minimum absolute atomic E-state index is 0.109. The zero-order valence-corrected chi connectivity index (χ0v) is 16.0. The Balaban J connectivity index is 2.04. The number of guanidine groups is 1. The van der Waals surface area contributed by atoms with Gasteiger partial charge in [0.15, 0.2) is 11.8 Å². The molecule has 1 aliphatic rings. The second-order valence-electron chi connectivity index (χ2n) is 6.23. The van der Waals surface area contributed by atoms with E-state index in [1.54, 1.807) is 0 Å². The van der Waals surface area contributed by atoms with Crippen LogP contribution in [-0.4, -0.2) is 69.7 Å². The van der Waals surface area contributed by atoms with Crippen LogP contribution in [-0.2, 0) is 24.3 Å². The van der Waals surface area contributed by atoms with Gasteiger partial charge >= 0.3 is 0 Å². The monoisotopic (exact) mass is 349 g/mol. The zero-order chi connectivity index (χ0) is 18.2. The van der Waals surface area contributed by atoms with Crippen LogP contribution in [0.25, 0.3) is 0 Å². The quantitative estimate of drug-likeness (QED) is 0.584. The van der Waals surface area contributed by atoms with E-state index in [1.165, 1.54) is 12.8 Å². The minimum atomic E-state index is 0.109. The number of fused-ring (bicyclic) bond motifs is 1. The molecular formula is C17H31N7O. The van der Waals surface area contributed by atoms with Gasteiger partial charge in [-0.2, -0.15) is 0 Å². The fraction of sp³-hybridized carbons (Fsp3) is 0.765. The summed E-state index contributed by atoms with van der Waals surface area (Å²) in [4.78, 5) is 20.7. The van der Waals surface area contributed by atoms with E-state index in [0.29, 0.717) is 13.1 Å². The largest absolute Gasteiger partial charge is 0.357 e. The SMILES string of the molecule is CCNC(=NCc1nnc2n1CCCC2)N(C)CC(=O)N(CC)CC. The molecule has 1 aliphatic heterocycles. The number of nitrogens with zero attached hydrogens (tertiary/aromatic N) is 6. The molecule has 0 aliphatic carbocycles. The van der Waals surface area contributed by atoms with E-state index in [0.717, 1.165) is 50.2 Å². The Labute approximate surface area is 150 Å². The van der Waals surface area contributed by atoms with Gasteiger partial charge in [-0.25, -0.2) is 4.99 Å². The van der Waals surface area contributed by atoms with Crippen LogP contribution < -0.4 is 5.32 Å². The summed E-state index contributed by atoms with van der Waals surface area (Å²) < 4.78 is 2.18. The first-order valence-electron chi connectivity index (χ1n) is 9.28. The molecule has 8 heteroatoms. The predicted octanol–water partition coefficient (Wildman–Crippen LogP) is 0.880. The summed E-state index contributed by atoms with van der Waals surface area (Å²) in [6.07, 6.45) is 3.34. The van der Waals surface area contributed by atoms with Gasteiger partial charge in [0.2, 0.25) is 5.91 Å². The number of hydrogen-bond acceptors (Lipinski definition) is 4. The molecule has 0 bridgehead atoms. The molecule has 8 nitrogen and oxygen atoms in total. The highest BCUT2D eigenvalue weighted by Gasteiger charge is 2.17. The second kappa shape index (κ2) is 9.39. The van der Waals surface area contributed by atoms with Crippen molar-refractivity contribution in [3.8, 4) is 0 Å². The lowest BCUT2D eigenvalue weighted by atomic mass is 10.2. The van der Waals surface area contributed by atoms with E-state index in [1.807, 2.05) is 37.6 Å². The third-order valence-corrected chi connectivity index (χ3v) is 4.49. The van der Waals surface area contributed by atoms with Crippen molar-refractivity contribution in [2.75, 3.05) is 33.2 Å². The molecule has 0 spiro atoms. The summed E-state index contributed by atoms with van der Waals surface area (Å²) in [6, 6.07) is 0. The Morgan fingerprint density at radius 1 is 1.24 bits per heavy atom. The van der Waals surface area contributed by atoms with Crippen molar-refractivity contribution in [2.45, 2.75) is 53.1 Å². The molecule has 25 heavy (non-hydrogen) atoms. The number of rotatable bonds is 7. The van der Waals surface area contributed by atoms with E-state index in [2.05, 4.69) is 25.1 Å². The van der Waals surface area contributed by atoms with Gasteiger partial charge in [-0.3, -0.25) is 4.79 Å². The summed E-state index contributed by atoms with van der Waals surface area (Å²) in [6.45, 7) is 9.97. The van der Waals surface area contributed by atoms with E-state index < -0.39 is 0 Å². The molecule has 2 heterocycles. The Morgan fingerprint density at radius 3 is 2.68 bits per heavy atom. The van der Waals surface area contributed by atoms with Crippen LogP contribution in [0.2, 0.25) is 0 Å². The molecule has 2 rings (SSSR count). The molecule has 1 amide bonds. The lowest BCUT2D eigenvalue weighted by Gasteiger charge is -2.25. The topological polar surface area (TPSA) is 78.6 Å². The average Bonchev–Trinajstić information content (AvgIpc) is 3.02. The van der Waals surface area contributed by atoms with Crippen molar-refractivity contribution in [3.05, 3.63) is 11.6 Å². The number of carbonyl (C=O) groups excluding carboxylic acids is 1. The molecule has 1 aromatic rings. The van der Waals surface area contributed by atoms with Gasteiger partial charge in [-0.1, -0.05) is 0 Å². The molecule has 0 fully saturated rings. The number of carbonyl (C=O) groups is 1. The Kier molecular flexibility index (Phi) is 7.21. The standard InChI is InChI=1S/C17H31N7O/c1-5-18-17(22(4)13-16(25)23(6-2)7-3)19-12-15-21-20-14-10-8-9-11-24(14)15/h5-13H2,1-4H3,(H,18,19). The number of aliphatic imine (C=N–C) groups is 1. The van der Waals surface area contributed by atoms with Crippen molar-refractivity contribution in [3.63, 3.8) is 0 Å². The summed E-state index contributed by atoms with van der Waals surface area (Å²) in [5.74, 6) is 2.79. The van der Waals surface area contributed by atoms with Crippen molar-refractivity contribution in [2.24, 2.45) is 4.99 Å². The van der Waals surface area contributed by atoms with Gasteiger partial charge in [0, 0.05) is 39.6 Å². The molecular weight excluding hydrogens is 318 g/mol. The summed E-state index contributed by atoms with van der Waals surface area (Å²) in [5.41, 5.74) is 0. The predicted molar refractivity (Wildman–Crippen MR) is 98.3 cm³/mol. The number of nitrogens with one attached hydrogen (secondary N) is 1. The van der Waals surface area contributed by atoms with Crippen molar-refractivity contribution in [1.29, 1.82) is 0 Å². The molecule has 0 saturated carbocycles. The molecule has 1 N–H and O–H groups in total. The maximum atomic E-state index is 12.3. The van der Waals surface area contributed by atoms with Crippen LogP contribution >= 0.6 is 0 Å². The molecule has 1 aromatic heterocycles. The first-order chi connectivity index (χ1) is 12.1. The normalized spacial score (nSPS) is 14.2. The van der Waals surface area contributed by atoms with Gasteiger partial charge in [0.25, 0.3) is 0 Å². The third kappa shape index (κ3) is 4.93. The van der Waals surface area contributed by atoms with E-state index in [9.17, 15) is 4.79 Å². The van der Waals surface area contributed by atoms with E-state index >= 15 is 0 Å². The highest BCUT2D eigenvalue weighted by molar-refractivity contribution is 5.86. The van der Waals surface area contributed by atoms with E-state index in [4.69, 9.17) is 0 Å². The summed E-state index contributed by atoms with van der Waals surface area (Å²) in [5, 5.41) is 11.8. The second-order valence-corrected chi connectivity index (χ2v) is 6.23. The average molecular weight is 349 g/mol. The fourth-order valence-corrected chi connectivity index (χ4v) is 3.05. The molecule has 0 saturated heterocycles. The lowest BCUT2D eigenvalue weighted by molar-refractivity contribution is -0.131. The van der Waals surface area contributed by atoms with Crippen molar-refractivity contribution in [1.82, 2.24) is 29.9 Å². The number of likely N-dealkylation sites (N-methyl/N-ethyl adjacent to an activating group) is 2. The first-order valence-corrected chi connectivity index (χ1v) is 9.28. The molecule has 0 atom stereocenters. The molecule has 0 unspecified atom stereocenters. The highest BCUT2D eigenvalue weighted by atomic mass is 16.2. The van der Waals surface area contributed by atoms with Gasteiger partial charge in [0.05, 0.1) is 6.54 Å². The maximum absolute atomic E-state index is 12.3. The molecule has 0 radical (unpaired) electrons. The van der Waals surface area contributed by atoms with Crippen LogP contribution in [0.3, 0.4) is 0 Å². The van der Waals surface area contributed by atoms with Crippen LogP contribution in [0, 0.1) is 0 Å². The van der Waals surface area contributed by atoms with Crippen molar-refractivity contribution < 1.29 is 4.79 Å². The third-order valence-electron chi connectivity index (χ3n) is 4.49. The van der Waals surface area contributed by atoms with Crippen molar-refractivity contribution >= 4 is 11.9 Å². The lowest BCUT2D eigenvalue weighted by Crippen LogP contribution is -2.45. The Hall–Kier alpha value is -2.12. The molecule has 140 valence electrons. The molecule has 0 aromatic carbocycles. The van der Waals surface area contributed by atoms with Gasteiger partial charge in [0.1, 0.15) is 12.4 Å². The van der Waals surface area contributed by atoms with Crippen LogP contribution in [0.5, 0.6) is 0 Å². The smallest absolute Gasteiger partial charge is 0.242 e. The minimum Gasteiger partial charge on any atom is -0.357 e. The Bertz CT molecular complexity index is 592. The van der Waals surface area contributed by atoms with Crippen LogP contribution in [0.1, 0.15) is 45.3 Å². The number of amides is 1. The van der Waals surface area contributed by atoms with E-state index in [-0.39, 0.29) is 5.91 Å². The number of hydrogen-bond donors (Lipinski definition) is 1.